The first-order valence-corrected chi connectivity index (χ1v) is 6.05. The largest absolute Gasteiger partial charge is 0.385 e. The van der Waals surface area contributed by atoms with E-state index in [4.69, 9.17) is 4.74 Å². The van der Waals surface area contributed by atoms with Crippen LogP contribution in [0.2, 0.25) is 0 Å². The number of hydrogen-bond donors (Lipinski definition) is 1. The lowest BCUT2D eigenvalue weighted by molar-refractivity contribution is 0.0816. The molecule has 16 heavy (non-hydrogen) atoms. The molecule has 2 aliphatic rings. The number of fused-ring (bicyclic) bond motifs is 1. The molecule has 0 spiro atoms. The molecule has 1 N–H and O–H groups in total. The van der Waals surface area contributed by atoms with Crippen LogP contribution in [0.25, 0.3) is 0 Å². The first-order valence-electron chi connectivity index (χ1n) is 6.05. The Morgan fingerprint density at radius 1 is 1.12 bits per heavy atom. The van der Waals surface area contributed by atoms with Crippen LogP contribution in [0.3, 0.4) is 0 Å². The zero-order valence-corrected chi connectivity index (χ0v) is 9.30. The molecule has 1 aromatic rings. The summed E-state index contributed by atoms with van der Waals surface area (Å²) in [6, 6.07) is 0. The van der Waals surface area contributed by atoms with Gasteiger partial charge in [-0.3, -0.25) is 0 Å². The minimum atomic E-state index is -0.421. The smallest absolute Gasteiger partial charge is 0.161 e. The van der Waals surface area contributed by atoms with Crippen LogP contribution < -0.4 is 0 Å². The molecule has 0 saturated carbocycles. The van der Waals surface area contributed by atoms with E-state index in [0.29, 0.717) is 5.92 Å². The Kier molecular flexibility index (Phi) is 2.65. The molecule has 0 radical (unpaired) electrons. The van der Waals surface area contributed by atoms with Crippen LogP contribution >= 0.6 is 0 Å². The van der Waals surface area contributed by atoms with E-state index in [1.165, 1.54) is 0 Å². The molecular weight excluding hydrogens is 206 g/mol. The summed E-state index contributed by atoms with van der Waals surface area (Å²) in [4.78, 5) is 0. The van der Waals surface area contributed by atoms with Crippen molar-refractivity contribution in [3.05, 3.63) is 11.6 Å². The number of aliphatic hydroxyl groups is 1. The summed E-state index contributed by atoms with van der Waals surface area (Å²) in [5.41, 5.74) is 0. The van der Waals surface area contributed by atoms with Gasteiger partial charge in [-0.05, 0) is 25.7 Å². The van der Waals surface area contributed by atoms with Gasteiger partial charge in [-0.25, -0.2) is 0 Å². The van der Waals surface area contributed by atoms with Gasteiger partial charge in [-0.1, -0.05) is 0 Å². The van der Waals surface area contributed by atoms with Crippen molar-refractivity contribution in [2.24, 2.45) is 0 Å². The second-order valence-corrected chi connectivity index (χ2v) is 4.61. The van der Waals surface area contributed by atoms with Crippen LogP contribution in [0.5, 0.6) is 0 Å². The predicted molar refractivity (Wildman–Crippen MR) is 57.0 cm³/mol. The fourth-order valence-corrected chi connectivity index (χ4v) is 2.63. The van der Waals surface area contributed by atoms with Crippen LogP contribution in [0.4, 0.5) is 0 Å². The maximum Gasteiger partial charge on any atom is 0.161 e. The standard InChI is InChI=1S/C11H17N3O2/c15-9-2-1-5-14-10(12-13-11(9)14)8-3-6-16-7-4-8/h8-9,15H,1-7H2. The molecule has 3 rings (SSSR count). The van der Waals surface area contributed by atoms with Crippen LogP contribution in [-0.2, 0) is 11.3 Å². The molecule has 1 aromatic heterocycles. The third-order valence-electron chi connectivity index (χ3n) is 3.55. The first kappa shape index (κ1) is 10.2. The summed E-state index contributed by atoms with van der Waals surface area (Å²) in [6.07, 6.45) is 3.45. The van der Waals surface area contributed by atoms with Gasteiger partial charge in [-0.2, -0.15) is 0 Å². The monoisotopic (exact) mass is 223 g/mol. The lowest BCUT2D eigenvalue weighted by Gasteiger charge is -2.25. The molecule has 0 aromatic carbocycles. The summed E-state index contributed by atoms with van der Waals surface area (Å²) in [5.74, 6) is 2.27. The predicted octanol–water partition coefficient (Wildman–Crippen LogP) is 0.999. The van der Waals surface area contributed by atoms with Gasteiger partial charge in [0.2, 0.25) is 0 Å². The first-order chi connectivity index (χ1) is 7.86. The Bertz CT molecular complexity index is 371. The van der Waals surface area contributed by atoms with Gasteiger partial charge < -0.3 is 14.4 Å². The highest BCUT2D eigenvalue weighted by atomic mass is 16.5. The molecule has 88 valence electrons. The fourth-order valence-electron chi connectivity index (χ4n) is 2.63. The third kappa shape index (κ3) is 1.64. The zero-order chi connectivity index (χ0) is 11.0. The molecule has 5 heteroatoms. The Morgan fingerprint density at radius 3 is 2.69 bits per heavy atom. The average molecular weight is 223 g/mol. The van der Waals surface area contributed by atoms with Gasteiger partial charge >= 0.3 is 0 Å². The minimum Gasteiger partial charge on any atom is -0.385 e. The van der Waals surface area contributed by atoms with Gasteiger partial charge in [0.1, 0.15) is 11.9 Å². The molecule has 0 bridgehead atoms. The Hall–Kier alpha value is -0.940. The SMILES string of the molecule is OC1CCCn2c1nnc2C1CCOCC1. The van der Waals surface area contributed by atoms with Gasteiger partial charge in [0.15, 0.2) is 5.82 Å². The number of hydrogen-bond acceptors (Lipinski definition) is 4. The highest BCUT2D eigenvalue weighted by Gasteiger charge is 2.28. The van der Waals surface area contributed by atoms with Crippen LogP contribution in [0.1, 0.15) is 49.4 Å². The zero-order valence-electron chi connectivity index (χ0n) is 9.30. The van der Waals surface area contributed by atoms with Crippen LogP contribution in [-0.4, -0.2) is 33.1 Å². The van der Waals surface area contributed by atoms with Crippen molar-refractivity contribution in [3.63, 3.8) is 0 Å². The number of ether oxygens (including phenoxy) is 1. The fraction of sp³-hybridized carbons (Fsp3) is 0.818. The topological polar surface area (TPSA) is 60.2 Å². The Labute approximate surface area is 94.4 Å². The number of rotatable bonds is 1. The molecular formula is C11H17N3O2. The van der Waals surface area contributed by atoms with E-state index < -0.39 is 6.10 Å². The molecule has 0 aliphatic carbocycles. The highest BCUT2D eigenvalue weighted by Crippen LogP contribution is 2.30. The van der Waals surface area contributed by atoms with Crippen LogP contribution in [0, 0.1) is 0 Å². The van der Waals surface area contributed by atoms with E-state index >= 15 is 0 Å². The molecule has 1 fully saturated rings. The minimum absolute atomic E-state index is 0.421. The summed E-state index contributed by atoms with van der Waals surface area (Å²) < 4.78 is 7.47. The second-order valence-electron chi connectivity index (χ2n) is 4.61. The molecule has 5 nitrogen and oxygen atoms in total. The molecule has 0 amide bonds. The van der Waals surface area contributed by atoms with Crippen molar-refractivity contribution in [1.82, 2.24) is 14.8 Å². The molecule has 3 heterocycles. The summed E-state index contributed by atoms with van der Waals surface area (Å²) in [7, 11) is 0. The molecule has 1 unspecified atom stereocenters. The molecule has 1 atom stereocenters. The van der Waals surface area contributed by atoms with E-state index in [2.05, 4.69) is 14.8 Å². The molecule has 1 saturated heterocycles. The maximum absolute atomic E-state index is 9.83. The van der Waals surface area contributed by atoms with Crippen molar-refractivity contribution in [2.45, 2.75) is 44.2 Å². The average Bonchev–Trinajstić information content (AvgIpc) is 2.75. The number of aromatic nitrogens is 3. The van der Waals surface area contributed by atoms with Gasteiger partial charge in [0.25, 0.3) is 0 Å². The lowest BCUT2D eigenvalue weighted by Crippen LogP contribution is -2.22. The van der Waals surface area contributed by atoms with Crippen molar-refractivity contribution >= 4 is 0 Å². The van der Waals surface area contributed by atoms with E-state index in [-0.39, 0.29) is 0 Å². The van der Waals surface area contributed by atoms with Crippen molar-refractivity contribution in [3.8, 4) is 0 Å². The summed E-state index contributed by atoms with van der Waals surface area (Å²) >= 11 is 0. The van der Waals surface area contributed by atoms with E-state index in [0.717, 1.165) is 57.1 Å². The Balaban J connectivity index is 1.89. The van der Waals surface area contributed by atoms with Crippen molar-refractivity contribution in [2.75, 3.05) is 13.2 Å². The highest BCUT2D eigenvalue weighted by molar-refractivity contribution is 5.07. The lowest BCUT2D eigenvalue weighted by atomic mass is 9.98. The summed E-state index contributed by atoms with van der Waals surface area (Å²) in [5, 5.41) is 18.2. The third-order valence-corrected chi connectivity index (χ3v) is 3.55. The van der Waals surface area contributed by atoms with Gasteiger partial charge in [0.05, 0.1) is 0 Å². The van der Waals surface area contributed by atoms with E-state index in [9.17, 15) is 5.11 Å². The number of nitrogens with zero attached hydrogens (tertiary/aromatic N) is 3. The quantitative estimate of drug-likeness (QED) is 0.771. The number of aliphatic hydroxyl groups excluding tert-OH is 1. The Morgan fingerprint density at radius 2 is 1.88 bits per heavy atom. The van der Waals surface area contributed by atoms with Gasteiger partial charge in [0, 0.05) is 25.7 Å². The van der Waals surface area contributed by atoms with E-state index in [1.54, 1.807) is 0 Å². The van der Waals surface area contributed by atoms with Crippen molar-refractivity contribution < 1.29 is 9.84 Å². The molecule has 2 aliphatic heterocycles. The van der Waals surface area contributed by atoms with E-state index in [1.807, 2.05) is 0 Å². The summed E-state index contributed by atoms with van der Waals surface area (Å²) in [6.45, 7) is 2.58. The normalized spacial score (nSPS) is 26.7. The van der Waals surface area contributed by atoms with Crippen LogP contribution in [0.15, 0.2) is 0 Å². The van der Waals surface area contributed by atoms with Gasteiger partial charge in [-0.15, -0.1) is 10.2 Å². The maximum atomic E-state index is 9.83. The second kappa shape index (κ2) is 4.14. The van der Waals surface area contributed by atoms with Crippen molar-refractivity contribution in [1.29, 1.82) is 0 Å².